The number of hydrazone groups is 1. The molecule has 1 aliphatic carbocycles. The first-order valence-electron chi connectivity index (χ1n) is 5.77. The highest BCUT2D eigenvalue weighted by atomic mass is 16.5. The molecule has 1 atom stereocenters. The highest BCUT2D eigenvalue weighted by Gasteiger charge is 2.40. The second kappa shape index (κ2) is 4.35. The van der Waals surface area contributed by atoms with E-state index in [4.69, 9.17) is 9.84 Å². The number of carboxylic acids is 1. The molecule has 1 unspecified atom stereocenters. The lowest BCUT2D eigenvalue weighted by molar-refractivity contribution is -0.151. The third-order valence-corrected chi connectivity index (χ3v) is 2.78. The fourth-order valence-corrected chi connectivity index (χ4v) is 1.69. The average Bonchev–Trinajstić information content (AvgIpc) is 3.03. The van der Waals surface area contributed by atoms with Gasteiger partial charge < -0.3 is 9.84 Å². The first-order chi connectivity index (χ1) is 7.99. The van der Waals surface area contributed by atoms with Crippen molar-refractivity contribution in [2.24, 2.45) is 16.9 Å². The number of nitrogens with zero attached hydrogens (tertiary/aromatic N) is 2. The molecule has 17 heavy (non-hydrogen) atoms. The van der Waals surface area contributed by atoms with E-state index in [9.17, 15) is 9.59 Å². The molecule has 6 heteroatoms. The molecule has 0 radical (unpaired) electrons. The minimum absolute atomic E-state index is 0.00282. The van der Waals surface area contributed by atoms with E-state index in [2.05, 4.69) is 5.10 Å². The van der Waals surface area contributed by atoms with Gasteiger partial charge >= 0.3 is 5.97 Å². The van der Waals surface area contributed by atoms with Crippen molar-refractivity contribution in [3.63, 3.8) is 0 Å². The number of carbonyl (C=O) groups excluding carboxylic acids is 1. The Morgan fingerprint density at radius 2 is 2.24 bits per heavy atom. The number of amides is 1. The van der Waals surface area contributed by atoms with Crippen molar-refractivity contribution >= 4 is 17.8 Å². The molecule has 2 aliphatic rings. The van der Waals surface area contributed by atoms with Gasteiger partial charge in [0.05, 0.1) is 0 Å². The summed E-state index contributed by atoms with van der Waals surface area (Å²) in [6.45, 7) is 3.34. The van der Waals surface area contributed by atoms with E-state index in [0.29, 0.717) is 5.90 Å². The van der Waals surface area contributed by atoms with Gasteiger partial charge in [0.2, 0.25) is 5.90 Å². The molecule has 1 heterocycles. The van der Waals surface area contributed by atoms with Crippen LogP contribution in [0.25, 0.3) is 0 Å². The monoisotopic (exact) mass is 240 g/mol. The van der Waals surface area contributed by atoms with Crippen molar-refractivity contribution in [1.82, 2.24) is 5.01 Å². The summed E-state index contributed by atoms with van der Waals surface area (Å²) in [4.78, 5) is 22.6. The van der Waals surface area contributed by atoms with Crippen LogP contribution in [0.3, 0.4) is 0 Å². The predicted molar refractivity (Wildman–Crippen MR) is 59.2 cm³/mol. The Bertz CT molecular complexity index is 374. The van der Waals surface area contributed by atoms with Crippen LogP contribution in [-0.4, -0.2) is 40.5 Å². The molecule has 0 aromatic heterocycles. The van der Waals surface area contributed by atoms with Crippen LogP contribution in [-0.2, 0) is 14.3 Å². The summed E-state index contributed by atoms with van der Waals surface area (Å²) >= 11 is 0. The van der Waals surface area contributed by atoms with Gasteiger partial charge in [0.15, 0.2) is 6.10 Å². The van der Waals surface area contributed by atoms with Crippen molar-refractivity contribution in [3.05, 3.63) is 0 Å². The van der Waals surface area contributed by atoms with Crippen molar-refractivity contribution in [2.75, 3.05) is 6.54 Å². The Kier molecular flexibility index (Phi) is 3.04. The van der Waals surface area contributed by atoms with Gasteiger partial charge in [0.1, 0.15) is 6.54 Å². The SMILES string of the molecule is CC(C)C1OC(C2CC2)=NN(CC(=O)O)C1=O. The van der Waals surface area contributed by atoms with E-state index in [0.717, 1.165) is 17.9 Å². The van der Waals surface area contributed by atoms with Gasteiger partial charge in [-0.2, -0.15) is 0 Å². The Labute approximate surface area is 99.2 Å². The second-order valence-electron chi connectivity index (χ2n) is 4.78. The topological polar surface area (TPSA) is 79.2 Å². The molecule has 0 aromatic rings. The molecule has 0 spiro atoms. The number of carbonyl (C=O) groups is 2. The molecular formula is C11H16N2O4. The van der Waals surface area contributed by atoms with Gasteiger partial charge in [-0.05, 0) is 18.8 Å². The summed E-state index contributed by atoms with van der Waals surface area (Å²) in [5.41, 5.74) is 0. The molecule has 2 rings (SSSR count). The molecule has 1 N–H and O–H groups in total. The van der Waals surface area contributed by atoms with E-state index in [-0.39, 0.29) is 17.7 Å². The molecule has 0 saturated heterocycles. The Balaban J connectivity index is 2.19. The number of ether oxygens (including phenoxy) is 1. The molecular weight excluding hydrogens is 224 g/mol. The standard InChI is InChI=1S/C11H16N2O4/c1-6(2)9-11(16)13(5-8(14)15)12-10(17-9)7-3-4-7/h6-7,9H,3-5H2,1-2H3,(H,14,15). The number of rotatable bonds is 4. The maximum absolute atomic E-state index is 11.9. The number of hydrogen-bond donors (Lipinski definition) is 1. The third kappa shape index (κ3) is 2.57. The highest BCUT2D eigenvalue weighted by Crippen LogP contribution is 2.34. The summed E-state index contributed by atoms with van der Waals surface area (Å²) < 4.78 is 5.56. The van der Waals surface area contributed by atoms with Crippen LogP contribution < -0.4 is 0 Å². The lowest BCUT2D eigenvalue weighted by atomic mass is 10.1. The molecule has 94 valence electrons. The van der Waals surface area contributed by atoms with Crippen LogP contribution >= 0.6 is 0 Å². The number of hydrogen-bond acceptors (Lipinski definition) is 4. The van der Waals surface area contributed by atoms with Crippen molar-refractivity contribution in [1.29, 1.82) is 0 Å². The van der Waals surface area contributed by atoms with Crippen molar-refractivity contribution in [3.8, 4) is 0 Å². The van der Waals surface area contributed by atoms with Gasteiger partial charge in [-0.3, -0.25) is 9.59 Å². The zero-order chi connectivity index (χ0) is 12.6. The number of aliphatic carboxylic acids is 1. The first kappa shape index (κ1) is 11.9. The van der Waals surface area contributed by atoms with Crippen LogP contribution in [0.5, 0.6) is 0 Å². The predicted octanol–water partition coefficient (Wildman–Crippen LogP) is 0.678. The maximum Gasteiger partial charge on any atom is 0.325 e. The molecule has 6 nitrogen and oxygen atoms in total. The van der Waals surface area contributed by atoms with Gasteiger partial charge in [-0.25, -0.2) is 5.01 Å². The number of carboxylic acid groups (broad SMARTS) is 1. The van der Waals surface area contributed by atoms with E-state index in [1.54, 1.807) is 0 Å². The summed E-state index contributed by atoms with van der Waals surface area (Å²) in [6, 6.07) is 0. The normalized spacial score (nSPS) is 24.6. The zero-order valence-corrected chi connectivity index (χ0v) is 9.92. The Hall–Kier alpha value is -1.59. The highest BCUT2D eigenvalue weighted by molar-refractivity contribution is 5.92. The van der Waals surface area contributed by atoms with Gasteiger partial charge in [-0.1, -0.05) is 13.8 Å². The van der Waals surface area contributed by atoms with Crippen LogP contribution in [0.1, 0.15) is 26.7 Å². The lowest BCUT2D eigenvalue weighted by Gasteiger charge is -2.31. The molecule has 1 saturated carbocycles. The fourth-order valence-electron chi connectivity index (χ4n) is 1.69. The summed E-state index contributed by atoms with van der Waals surface area (Å²) in [5.74, 6) is -0.651. The van der Waals surface area contributed by atoms with E-state index in [1.165, 1.54) is 0 Å². The molecule has 1 aliphatic heterocycles. The minimum atomic E-state index is -1.07. The summed E-state index contributed by atoms with van der Waals surface area (Å²) in [5, 5.41) is 13.8. The van der Waals surface area contributed by atoms with E-state index < -0.39 is 18.6 Å². The van der Waals surface area contributed by atoms with Crippen molar-refractivity contribution < 1.29 is 19.4 Å². The zero-order valence-electron chi connectivity index (χ0n) is 9.92. The van der Waals surface area contributed by atoms with Crippen LogP contribution in [0.4, 0.5) is 0 Å². The molecule has 0 aromatic carbocycles. The third-order valence-electron chi connectivity index (χ3n) is 2.78. The first-order valence-corrected chi connectivity index (χ1v) is 5.77. The van der Waals surface area contributed by atoms with Crippen molar-refractivity contribution in [2.45, 2.75) is 32.8 Å². The van der Waals surface area contributed by atoms with E-state index >= 15 is 0 Å². The quantitative estimate of drug-likeness (QED) is 0.783. The average molecular weight is 240 g/mol. The van der Waals surface area contributed by atoms with Crippen LogP contribution in [0, 0.1) is 11.8 Å². The second-order valence-corrected chi connectivity index (χ2v) is 4.78. The largest absolute Gasteiger partial charge is 0.480 e. The molecule has 1 fully saturated rings. The van der Waals surface area contributed by atoms with E-state index in [1.807, 2.05) is 13.8 Å². The van der Waals surface area contributed by atoms with Crippen LogP contribution in [0.15, 0.2) is 5.10 Å². The fraction of sp³-hybridized carbons (Fsp3) is 0.727. The Morgan fingerprint density at radius 1 is 1.59 bits per heavy atom. The smallest absolute Gasteiger partial charge is 0.325 e. The summed E-state index contributed by atoms with van der Waals surface area (Å²) in [6.07, 6.45) is 1.39. The molecule has 1 amide bonds. The maximum atomic E-state index is 11.9. The van der Waals surface area contributed by atoms with Gasteiger partial charge in [0, 0.05) is 5.92 Å². The minimum Gasteiger partial charge on any atom is -0.480 e. The van der Waals surface area contributed by atoms with Gasteiger partial charge in [0.25, 0.3) is 5.91 Å². The summed E-state index contributed by atoms with van der Waals surface area (Å²) in [7, 11) is 0. The van der Waals surface area contributed by atoms with Gasteiger partial charge in [-0.15, -0.1) is 5.10 Å². The molecule has 0 bridgehead atoms. The lowest BCUT2D eigenvalue weighted by Crippen LogP contribution is -2.48. The van der Waals surface area contributed by atoms with Crippen LogP contribution in [0.2, 0.25) is 0 Å². The Morgan fingerprint density at radius 3 is 2.71 bits per heavy atom.